The van der Waals surface area contributed by atoms with Gasteiger partial charge in [-0.2, -0.15) is 0 Å². The van der Waals surface area contributed by atoms with Gasteiger partial charge in [0.15, 0.2) is 0 Å². The van der Waals surface area contributed by atoms with Crippen LogP contribution >= 0.6 is 0 Å². The summed E-state index contributed by atoms with van der Waals surface area (Å²) in [6.07, 6.45) is 0. The highest BCUT2D eigenvalue weighted by Gasteiger charge is 2.56. The summed E-state index contributed by atoms with van der Waals surface area (Å²) in [5.74, 6) is 0. The summed E-state index contributed by atoms with van der Waals surface area (Å²) in [5, 5.41) is 10.3. The first-order valence-corrected chi connectivity index (χ1v) is 22.4. The molecule has 0 unspecified atom stereocenters. The van der Waals surface area contributed by atoms with Crippen molar-refractivity contribution in [2.24, 2.45) is 0 Å². The minimum atomic E-state index is 0.0335. The van der Waals surface area contributed by atoms with Gasteiger partial charge in [-0.25, -0.2) is 0 Å². The van der Waals surface area contributed by atoms with Gasteiger partial charge in [0.25, 0.3) is 6.71 Å². The topological polar surface area (TPSA) is 6.48 Å². The van der Waals surface area contributed by atoms with E-state index < -0.39 is 0 Å². The molecule has 0 N–H and O–H groups in total. The first-order chi connectivity index (χ1) is 31.2. The van der Waals surface area contributed by atoms with Crippen molar-refractivity contribution in [1.82, 2.24) is 0 Å². The van der Waals surface area contributed by atoms with Crippen molar-refractivity contribution in [3.05, 3.63) is 188 Å². The largest absolute Gasteiger partial charge is 0.377 e. The van der Waals surface area contributed by atoms with Gasteiger partial charge in [-0.3, -0.25) is 0 Å². The van der Waals surface area contributed by atoms with E-state index in [9.17, 15) is 0 Å². The van der Waals surface area contributed by atoms with E-state index in [0.29, 0.717) is 0 Å². The second-order valence-electron chi connectivity index (χ2n) is 18.7. The van der Waals surface area contributed by atoms with Crippen LogP contribution in [-0.4, -0.2) is 20.4 Å². The van der Waals surface area contributed by atoms with E-state index in [-0.39, 0.29) is 20.4 Å². The fraction of sp³-hybridized carbons (Fsp3) is 0. The van der Waals surface area contributed by atoms with Gasteiger partial charge in [-0.05, 0) is 146 Å². The molecule has 6 heterocycles. The minimum Gasteiger partial charge on any atom is -0.377 e. The van der Waals surface area contributed by atoms with Crippen molar-refractivity contribution >= 4 is 124 Å². The molecule has 5 heteroatoms. The Morgan fingerprint density at radius 1 is 0.238 bits per heavy atom. The molecule has 0 spiro atoms. The Morgan fingerprint density at radius 3 is 1.08 bits per heavy atom. The van der Waals surface area contributed by atoms with Crippen LogP contribution < -0.4 is 47.9 Å². The second kappa shape index (κ2) is 10.8. The molecule has 6 aliphatic rings. The zero-order chi connectivity index (χ0) is 40.4. The average Bonchev–Trinajstić information content (AvgIpc) is 3.33. The molecule has 17 rings (SSSR count). The molecule has 0 saturated carbocycles. The predicted octanol–water partition coefficient (Wildman–Crippen LogP) is 9.25. The van der Waals surface area contributed by atoms with Gasteiger partial charge in [-0.15, -0.1) is 0 Å². The zero-order valence-corrected chi connectivity index (χ0v) is 34.0. The summed E-state index contributed by atoms with van der Waals surface area (Å²) < 4.78 is 0. The van der Waals surface area contributed by atoms with E-state index >= 15 is 0 Å². The number of anilines is 4. The lowest BCUT2D eigenvalue weighted by Gasteiger charge is -2.55. The van der Waals surface area contributed by atoms with Gasteiger partial charge in [0, 0.05) is 45.0 Å². The molecule has 11 aromatic rings. The summed E-state index contributed by atoms with van der Waals surface area (Å²) in [7, 11) is 0. The Balaban J connectivity index is 1.03. The average molecular weight is 788 g/mol. The summed E-state index contributed by atoms with van der Waals surface area (Å²) in [4.78, 5) is 5.59. The highest BCUT2D eigenvalue weighted by Crippen LogP contribution is 2.55. The van der Waals surface area contributed by atoms with Crippen molar-refractivity contribution in [2.45, 2.75) is 0 Å². The lowest BCUT2D eigenvalue weighted by atomic mass is 9.28. The lowest BCUT2D eigenvalue weighted by molar-refractivity contribution is 1.32. The highest BCUT2D eigenvalue weighted by atomic mass is 15.1. The Bertz CT molecular complexity index is 3780. The van der Waals surface area contributed by atoms with Crippen LogP contribution in [0.5, 0.6) is 0 Å². The Morgan fingerprint density at radius 2 is 0.619 bits per heavy atom. The molecule has 11 aromatic carbocycles. The summed E-state index contributed by atoms with van der Waals surface area (Å²) in [5.41, 5.74) is 26.1. The Hall–Kier alpha value is -7.75. The first-order valence-electron chi connectivity index (χ1n) is 22.4. The molecule has 0 aliphatic carbocycles. The smallest absolute Gasteiger partial charge is 0.329 e. The zero-order valence-electron chi connectivity index (χ0n) is 34.0. The molecule has 0 aromatic heterocycles. The molecule has 0 amide bonds. The molecular weight excluding hydrogens is 757 g/mol. The van der Waals surface area contributed by atoms with Crippen molar-refractivity contribution in [3.63, 3.8) is 0 Å². The third kappa shape index (κ3) is 3.69. The predicted molar refractivity (Wildman–Crippen MR) is 270 cm³/mol. The van der Waals surface area contributed by atoms with E-state index in [1.165, 1.54) is 149 Å². The molecule has 6 aliphatic heterocycles. The molecule has 63 heavy (non-hydrogen) atoms. The molecule has 0 fully saturated rings. The number of nitrogens with zero attached hydrogens (tertiary/aromatic N) is 2. The van der Waals surface area contributed by atoms with Gasteiger partial charge >= 0.3 is 13.7 Å². The van der Waals surface area contributed by atoms with Gasteiger partial charge < -0.3 is 9.62 Å². The summed E-state index contributed by atoms with van der Waals surface area (Å²) >= 11 is 0. The van der Waals surface area contributed by atoms with Gasteiger partial charge in [-0.1, -0.05) is 146 Å². The molecule has 0 radical (unpaired) electrons. The van der Waals surface area contributed by atoms with Crippen LogP contribution in [0.15, 0.2) is 188 Å². The fourth-order valence-electron chi connectivity index (χ4n) is 13.5. The SMILES string of the molecule is c1ccc2c(c1)B1c3cc4cc5ccccc5cc4cc3-c3cccc4c3N1c1c-2cc2c3c1B4c1cccc4c1N3B(c1cc3cc5ccccc5cc3cc1-4)c1ccccc1-2. The van der Waals surface area contributed by atoms with Crippen molar-refractivity contribution in [1.29, 1.82) is 0 Å². The van der Waals surface area contributed by atoms with E-state index in [2.05, 4.69) is 198 Å². The van der Waals surface area contributed by atoms with Crippen LogP contribution in [0.4, 0.5) is 22.7 Å². The second-order valence-corrected chi connectivity index (χ2v) is 18.7. The maximum atomic E-state index is 2.80. The van der Waals surface area contributed by atoms with Crippen LogP contribution in [0.25, 0.3) is 87.6 Å². The quantitative estimate of drug-likeness (QED) is 0.112. The Kier molecular flexibility index (Phi) is 5.50. The third-order valence-electron chi connectivity index (χ3n) is 15.8. The molecule has 0 atom stereocenters. The summed E-state index contributed by atoms with van der Waals surface area (Å²) in [6.45, 7) is 0.136. The Labute approximate surface area is 364 Å². The maximum absolute atomic E-state index is 2.80. The molecule has 0 saturated heterocycles. The molecule has 2 nitrogen and oxygen atoms in total. The van der Waals surface area contributed by atoms with Crippen molar-refractivity contribution < 1.29 is 0 Å². The molecule has 0 bridgehead atoms. The van der Waals surface area contributed by atoms with Crippen LogP contribution in [0.1, 0.15) is 0 Å². The maximum Gasteiger partial charge on any atom is 0.329 e. The number of rotatable bonds is 0. The monoisotopic (exact) mass is 788 g/mol. The van der Waals surface area contributed by atoms with Crippen LogP contribution in [0.3, 0.4) is 0 Å². The summed E-state index contributed by atoms with van der Waals surface area (Å²) in [6, 6.07) is 72.9. The van der Waals surface area contributed by atoms with E-state index in [4.69, 9.17) is 0 Å². The van der Waals surface area contributed by atoms with Gasteiger partial charge in [0.2, 0.25) is 0 Å². The molecule has 282 valence electrons. The van der Waals surface area contributed by atoms with Crippen molar-refractivity contribution in [2.75, 3.05) is 9.62 Å². The third-order valence-corrected chi connectivity index (χ3v) is 15.8. The highest BCUT2D eigenvalue weighted by molar-refractivity contribution is 7.06. The number of hydrogen-bond donors (Lipinski definition) is 0. The molecular formula is C58H31B3N2. The fourth-order valence-corrected chi connectivity index (χ4v) is 13.5. The standard InChI is InChI=1S/C58H31B3N2/c1-3-13-34-25-38-29-52-44(27-36(38)23-32(34)11-1)42-17-9-21-50-55(42)62-57-46(40-15-5-7-19-48(40)60(52)62)31-47-41-16-6-8-20-49(41)61-53-30-39-26-35-14-4-2-12-33(35)24-37(39)28-45(53)43-18-10-22-51-56(43)63(61)58(47)54(57)59(50)51/h1-31H. The van der Waals surface area contributed by atoms with E-state index in [1.54, 1.807) is 0 Å². The minimum absolute atomic E-state index is 0.0335. The number of benzene rings is 11. The van der Waals surface area contributed by atoms with E-state index in [1.807, 2.05) is 0 Å². The lowest BCUT2D eigenvalue weighted by Crippen LogP contribution is -2.72. The normalized spacial score (nSPS) is 14.5. The number of hydrogen-bond acceptors (Lipinski definition) is 2. The van der Waals surface area contributed by atoms with Gasteiger partial charge in [0.1, 0.15) is 0 Å². The van der Waals surface area contributed by atoms with Crippen LogP contribution in [0, 0.1) is 0 Å². The van der Waals surface area contributed by atoms with Crippen LogP contribution in [0.2, 0.25) is 0 Å². The first kappa shape index (κ1) is 32.0. The number of para-hydroxylation sites is 2. The number of fused-ring (bicyclic) bond motifs is 18. The van der Waals surface area contributed by atoms with E-state index in [0.717, 1.165) is 0 Å². The van der Waals surface area contributed by atoms with Crippen molar-refractivity contribution in [3.8, 4) is 44.5 Å². The van der Waals surface area contributed by atoms with Gasteiger partial charge in [0.05, 0.1) is 0 Å². The van der Waals surface area contributed by atoms with Crippen LogP contribution in [-0.2, 0) is 0 Å².